The summed E-state index contributed by atoms with van der Waals surface area (Å²) < 4.78 is 2.09. The highest BCUT2D eigenvalue weighted by Gasteiger charge is 2.18. The van der Waals surface area contributed by atoms with Crippen LogP contribution in [0.15, 0.2) is 42.6 Å². The van der Waals surface area contributed by atoms with Crippen molar-refractivity contribution in [3.8, 4) is 11.3 Å². The highest BCUT2D eigenvalue weighted by molar-refractivity contribution is 7.59. The molecule has 3 aromatic rings. The topological polar surface area (TPSA) is 30.7 Å². The van der Waals surface area contributed by atoms with Crippen molar-refractivity contribution < 1.29 is 0 Å². The van der Waals surface area contributed by atoms with E-state index < -0.39 is 0 Å². The molecule has 1 aliphatic carbocycles. The van der Waals surface area contributed by atoms with Crippen LogP contribution in [0.1, 0.15) is 31.2 Å². The molecule has 120 valence electrons. The van der Waals surface area contributed by atoms with E-state index in [4.69, 9.17) is 0 Å². The Morgan fingerprint density at radius 1 is 1.04 bits per heavy atom. The second-order valence-corrected chi connectivity index (χ2v) is 6.52. The zero-order chi connectivity index (χ0) is 14.9. The number of aryl methyl sites for hydroxylation is 1. The first kappa shape index (κ1) is 16.1. The fourth-order valence-electron chi connectivity index (χ4n) is 3.58. The zero-order valence-electron chi connectivity index (χ0n) is 13.5. The third-order valence-corrected chi connectivity index (χ3v) is 4.82. The Balaban J connectivity index is 0.00000156. The van der Waals surface area contributed by atoms with Crippen molar-refractivity contribution in [1.82, 2.24) is 15.0 Å². The van der Waals surface area contributed by atoms with Crippen molar-refractivity contribution in [1.29, 1.82) is 0 Å². The van der Waals surface area contributed by atoms with Crippen LogP contribution in [-0.4, -0.2) is 15.0 Å². The van der Waals surface area contributed by atoms with Gasteiger partial charge in [0.2, 0.25) is 0 Å². The summed E-state index contributed by atoms with van der Waals surface area (Å²) in [6.07, 6.45) is 7.28. The minimum Gasteiger partial charge on any atom is -0.244 e. The van der Waals surface area contributed by atoms with Gasteiger partial charge in [-0.15, -0.1) is 5.10 Å². The van der Waals surface area contributed by atoms with Crippen LogP contribution in [0.5, 0.6) is 0 Å². The van der Waals surface area contributed by atoms with E-state index in [9.17, 15) is 0 Å². The predicted octanol–water partition coefficient (Wildman–Crippen LogP) is 4.71. The van der Waals surface area contributed by atoms with E-state index in [0.29, 0.717) is 0 Å². The molecule has 0 saturated heterocycles. The predicted molar refractivity (Wildman–Crippen MR) is 100 cm³/mol. The lowest BCUT2D eigenvalue weighted by molar-refractivity contribution is 0.424. The van der Waals surface area contributed by atoms with E-state index in [1.165, 1.54) is 47.6 Å². The molecular formula is C19H23N3S. The van der Waals surface area contributed by atoms with E-state index >= 15 is 0 Å². The molecule has 1 heterocycles. The molecule has 1 fully saturated rings. The number of aromatic nitrogens is 3. The summed E-state index contributed by atoms with van der Waals surface area (Å²) in [4.78, 5) is 0. The Morgan fingerprint density at radius 3 is 2.61 bits per heavy atom. The lowest BCUT2D eigenvalue weighted by Gasteiger charge is -2.12. The quantitative estimate of drug-likeness (QED) is 0.698. The van der Waals surface area contributed by atoms with Gasteiger partial charge >= 0.3 is 0 Å². The van der Waals surface area contributed by atoms with Gasteiger partial charge in [-0.25, -0.2) is 4.68 Å². The molecule has 0 aliphatic heterocycles. The van der Waals surface area contributed by atoms with E-state index in [0.717, 1.165) is 18.2 Å². The fourth-order valence-corrected chi connectivity index (χ4v) is 3.58. The van der Waals surface area contributed by atoms with Gasteiger partial charge in [0.05, 0.1) is 11.9 Å². The van der Waals surface area contributed by atoms with Gasteiger partial charge in [0.15, 0.2) is 0 Å². The van der Waals surface area contributed by atoms with Crippen molar-refractivity contribution in [2.24, 2.45) is 5.92 Å². The number of rotatable bonds is 3. The smallest absolute Gasteiger partial charge is 0.0885 e. The number of benzene rings is 2. The highest BCUT2D eigenvalue weighted by atomic mass is 32.1. The Morgan fingerprint density at radius 2 is 1.78 bits per heavy atom. The average molecular weight is 325 g/mol. The molecule has 1 aromatic heterocycles. The van der Waals surface area contributed by atoms with E-state index in [1.54, 1.807) is 0 Å². The van der Waals surface area contributed by atoms with Gasteiger partial charge in [0.1, 0.15) is 0 Å². The van der Waals surface area contributed by atoms with Gasteiger partial charge in [-0.1, -0.05) is 54.0 Å². The van der Waals surface area contributed by atoms with Crippen LogP contribution in [0, 0.1) is 12.8 Å². The molecule has 4 rings (SSSR count). The standard InChI is InChI=1S/C19H21N3.H2S/c1-14-6-7-17-11-18(9-8-16(17)10-14)19-12-20-21-22(19)13-15-4-2-3-5-15;/h6-12,15H,2-5,13H2,1H3;1H2. The van der Waals surface area contributed by atoms with Crippen LogP contribution in [0.25, 0.3) is 22.0 Å². The van der Waals surface area contributed by atoms with Crippen LogP contribution in [0.2, 0.25) is 0 Å². The third-order valence-electron chi connectivity index (χ3n) is 4.82. The van der Waals surface area contributed by atoms with Crippen LogP contribution >= 0.6 is 13.5 Å². The molecular weight excluding hydrogens is 302 g/mol. The molecule has 0 spiro atoms. The summed E-state index contributed by atoms with van der Waals surface area (Å²) in [5.74, 6) is 0.767. The largest absolute Gasteiger partial charge is 0.244 e. The van der Waals surface area contributed by atoms with E-state index in [-0.39, 0.29) is 13.5 Å². The molecule has 0 atom stereocenters. The Labute approximate surface area is 144 Å². The zero-order valence-corrected chi connectivity index (χ0v) is 14.5. The Bertz CT molecular complexity index is 803. The van der Waals surface area contributed by atoms with Gasteiger partial charge in [0, 0.05) is 12.1 Å². The van der Waals surface area contributed by atoms with Gasteiger partial charge in [-0.2, -0.15) is 13.5 Å². The molecule has 1 aliphatic rings. The summed E-state index contributed by atoms with van der Waals surface area (Å²) in [7, 11) is 0. The fraction of sp³-hybridized carbons (Fsp3) is 0.368. The van der Waals surface area contributed by atoms with Gasteiger partial charge < -0.3 is 0 Å². The highest BCUT2D eigenvalue weighted by Crippen LogP contribution is 2.29. The molecule has 1 saturated carbocycles. The molecule has 0 amide bonds. The van der Waals surface area contributed by atoms with Gasteiger partial charge in [0.25, 0.3) is 0 Å². The molecule has 4 heteroatoms. The van der Waals surface area contributed by atoms with Crippen molar-refractivity contribution in [3.05, 3.63) is 48.2 Å². The number of hydrogen-bond donors (Lipinski definition) is 0. The Hall–Kier alpha value is -1.81. The third kappa shape index (κ3) is 3.27. The SMILES string of the molecule is Cc1ccc2cc(-c3cnnn3CC3CCCC3)ccc2c1.S. The molecule has 23 heavy (non-hydrogen) atoms. The van der Waals surface area contributed by atoms with Crippen molar-refractivity contribution >= 4 is 24.3 Å². The molecule has 0 bridgehead atoms. The minimum absolute atomic E-state index is 0. The maximum Gasteiger partial charge on any atom is 0.0885 e. The van der Waals surface area contributed by atoms with Crippen molar-refractivity contribution in [3.63, 3.8) is 0 Å². The van der Waals surface area contributed by atoms with E-state index in [1.807, 2.05) is 6.20 Å². The summed E-state index contributed by atoms with van der Waals surface area (Å²) in [5, 5.41) is 11.0. The first-order valence-electron chi connectivity index (χ1n) is 8.19. The summed E-state index contributed by atoms with van der Waals surface area (Å²) in [6.45, 7) is 3.13. The summed E-state index contributed by atoms with van der Waals surface area (Å²) >= 11 is 0. The molecule has 0 radical (unpaired) electrons. The van der Waals surface area contributed by atoms with Gasteiger partial charge in [-0.05, 0) is 42.5 Å². The molecule has 3 nitrogen and oxygen atoms in total. The molecule has 0 N–H and O–H groups in total. The number of fused-ring (bicyclic) bond motifs is 1. The second-order valence-electron chi connectivity index (χ2n) is 6.52. The minimum atomic E-state index is 0. The maximum atomic E-state index is 4.32. The van der Waals surface area contributed by atoms with Crippen LogP contribution in [0.3, 0.4) is 0 Å². The van der Waals surface area contributed by atoms with Crippen LogP contribution < -0.4 is 0 Å². The van der Waals surface area contributed by atoms with Crippen LogP contribution in [-0.2, 0) is 6.54 Å². The number of nitrogens with zero attached hydrogens (tertiary/aromatic N) is 3. The summed E-state index contributed by atoms with van der Waals surface area (Å²) in [6, 6.07) is 13.2. The van der Waals surface area contributed by atoms with Crippen molar-refractivity contribution in [2.75, 3.05) is 0 Å². The van der Waals surface area contributed by atoms with Gasteiger partial charge in [-0.3, -0.25) is 0 Å². The molecule has 2 aromatic carbocycles. The van der Waals surface area contributed by atoms with E-state index in [2.05, 4.69) is 58.3 Å². The summed E-state index contributed by atoms with van der Waals surface area (Å²) in [5.41, 5.74) is 3.64. The normalized spacial score (nSPS) is 15.0. The lowest BCUT2D eigenvalue weighted by atomic mass is 10.0. The first-order valence-corrected chi connectivity index (χ1v) is 8.19. The second kappa shape index (κ2) is 6.75. The lowest BCUT2D eigenvalue weighted by Crippen LogP contribution is -2.10. The Kier molecular flexibility index (Phi) is 4.71. The average Bonchev–Trinajstić information content (AvgIpc) is 3.19. The molecule has 0 unspecified atom stereocenters. The number of hydrogen-bond acceptors (Lipinski definition) is 2. The maximum absolute atomic E-state index is 4.32. The monoisotopic (exact) mass is 325 g/mol. The van der Waals surface area contributed by atoms with Crippen molar-refractivity contribution in [2.45, 2.75) is 39.2 Å². The first-order chi connectivity index (χ1) is 10.8. The van der Waals surface area contributed by atoms with Crippen LogP contribution in [0.4, 0.5) is 0 Å².